The largest absolute Gasteiger partial charge is 0.292 e. The van der Waals surface area contributed by atoms with Gasteiger partial charge < -0.3 is 0 Å². The lowest BCUT2D eigenvalue weighted by Gasteiger charge is -2.44. The quantitative estimate of drug-likeness (QED) is 0.796. The molecule has 2 aromatic carbocycles. The highest BCUT2D eigenvalue weighted by molar-refractivity contribution is 5.27. The number of hydrogen-bond donors (Lipinski definition) is 0. The lowest BCUT2D eigenvalue weighted by Crippen LogP contribution is -2.55. The molecule has 92 valence electrons. The molecule has 0 aliphatic carbocycles. The Kier molecular flexibility index (Phi) is 2.88. The van der Waals surface area contributed by atoms with Crippen molar-refractivity contribution in [2.75, 3.05) is 13.1 Å². The van der Waals surface area contributed by atoms with Crippen LogP contribution in [0.4, 0.5) is 4.39 Å². The number of nitrogens with zero attached hydrogens (tertiary/aromatic N) is 1. The van der Waals surface area contributed by atoms with E-state index >= 15 is 0 Å². The summed E-state index contributed by atoms with van der Waals surface area (Å²) in [7, 11) is 0. The third-order valence-electron chi connectivity index (χ3n) is 3.49. The van der Waals surface area contributed by atoms with E-state index in [0.717, 1.165) is 12.1 Å². The van der Waals surface area contributed by atoms with Crippen molar-refractivity contribution in [2.24, 2.45) is 0 Å². The second-order valence-electron chi connectivity index (χ2n) is 4.96. The molecule has 3 rings (SSSR count). The molecule has 0 spiro atoms. The van der Waals surface area contributed by atoms with Crippen molar-refractivity contribution in [3.63, 3.8) is 0 Å². The molecule has 0 bridgehead atoms. The average Bonchev–Trinajstić information content (AvgIpc) is 2.39. The monoisotopic (exact) mass is 241 g/mol. The van der Waals surface area contributed by atoms with Gasteiger partial charge in [0.2, 0.25) is 0 Å². The third kappa shape index (κ3) is 2.16. The maximum atomic E-state index is 14.5. The van der Waals surface area contributed by atoms with Crippen LogP contribution in [0.15, 0.2) is 60.7 Å². The zero-order valence-electron chi connectivity index (χ0n) is 10.2. The van der Waals surface area contributed by atoms with Crippen molar-refractivity contribution in [2.45, 2.75) is 12.2 Å². The molecule has 0 aromatic heterocycles. The summed E-state index contributed by atoms with van der Waals surface area (Å²) < 4.78 is 14.5. The summed E-state index contributed by atoms with van der Waals surface area (Å²) in [6, 6.07) is 19.7. The molecule has 1 aliphatic heterocycles. The van der Waals surface area contributed by atoms with E-state index in [1.165, 1.54) is 5.56 Å². The Balaban J connectivity index is 1.63. The molecule has 0 unspecified atom stereocenters. The lowest BCUT2D eigenvalue weighted by atomic mass is 9.87. The van der Waals surface area contributed by atoms with Gasteiger partial charge in [-0.2, -0.15) is 0 Å². The van der Waals surface area contributed by atoms with E-state index in [1.54, 1.807) is 0 Å². The lowest BCUT2D eigenvalue weighted by molar-refractivity contribution is -0.0417. The van der Waals surface area contributed by atoms with E-state index in [2.05, 4.69) is 17.0 Å². The van der Waals surface area contributed by atoms with Crippen LogP contribution >= 0.6 is 0 Å². The highest BCUT2D eigenvalue weighted by Gasteiger charge is 2.44. The number of alkyl halides is 1. The van der Waals surface area contributed by atoms with Crippen LogP contribution in [0.1, 0.15) is 11.1 Å². The summed E-state index contributed by atoms with van der Waals surface area (Å²) in [6.45, 7) is 1.82. The van der Waals surface area contributed by atoms with E-state index in [-0.39, 0.29) is 0 Å². The van der Waals surface area contributed by atoms with Gasteiger partial charge in [0.05, 0.1) is 0 Å². The standard InChI is InChI=1S/C16H16FN/c17-16(15-9-5-2-6-10-15)12-18(13-16)11-14-7-3-1-4-8-14/h1-10H,11-13H2. The van der Waals surface area contributed by atoms with Crippen LogP contribution < -0.4 is 0 Å². The van der Waals surface area contributed by atoms with Gasteiger partial charge in [0, 0.05) is 19.6 Å². The fraction of sp³-hybridized carbons (Fsp3) is 0.250. The maximum absolute atomic E-state index is 14.5. The molecule has 1 saturated heterocycles. The Labute approximate surface area is 107 Å². The van der Waals surface area contributed by atoms with Crippen molar-refractivity contribution >= 4 is 0 Å². The normalized spacial score (nSPS) is 18.3. The molecule has 1 nitrogen and oxygen atoms in total. The summed E-state index contributed by atoms with van der Waals surface area (Å²) in [6.07, 6.45) is 0. The number of halogens is 1. The van der Waals surface area contributed by atoms with E-state index in [1.807, 2.05) is 48.5 Å². The van der Waals surface area contributed by atoms with Crippen molar-refractivity contribution in [3.05, 3.63) is 71.8 Å². The Morgan fingerprint density at radius 2 is 1.44 bits per heavy atom. The highest BCUT2D eigenvalue weighted by Crippen LogP contribution is 2.36. The van der Waals surface area contributed by atoms with Crippen LogP contribution in [0, 0.1) is 0 Å². The van der Waals surface area contributed by atoms with Gasteiger partial charge in [-0.1, -0.05) is 60.7 Å². The second-order valence-corrected chi connectivity index (χ2v) is 4.96. The van der Waals surface area contributed by atoms with E-state index < -0.39 is 5.67 Å². The van der Waals surface area contributed by atoms with E-state index in [4.69, 9.17) is 0 Å². The minimum atomic E-state index is -1.16. The van der Waals surface area contributed by atoms with Gasteiger partial charge >= 0.3 is 0 Å². The minimum Gasteiger partial charge on any atom is -0.292 e. The first-order chi connectivity index (χ1) is 8.76. The maximum Gasteiger partial charge on any atom is 0.161 e. The van der Waals surface area contributed by atoms with Crippen LogP contribution in [0.2, 0.25) is 0 Å². The zero-order valence-corrected chi connectivity index (χ0v) is 10.2. The zero-order chi connectivity index (χ0) is 12.4. The molecule has 0 N–H and O–H groups in total. The summed E-state index contributed by atoms with van der Waals surface area (Å²) in [5, 5.41) is 0. The van der Waals surface area contributed by atoms with Crippen molar-refractivity contribution in [1.29, 1.82) is 0 Å². The van der Waals surface area contributed by atoms with Gasteiger partial charge in [-0.15, -0.1) is 0 Å². The number of likely N-dealkylation sites (tertiary alicyclic amines) is 1. The van der Waals surface area contributed by atoms with Gasteiger partial charge in [-0.3, -0.25) is 4.90 Å². The molecule has 0 amide bonds. The predicted molar refractivity (Wildman–Crippen MR) is 70.9 cm³/mol. The first-order valence-corrected chi connectivity index (χ1v) is 6.27. The van der Waals surface area contributed by atoms with Crippen LogP contribution in [0.3, 0.4) is 0 Å². The fourth-order valence-electron chi connectivity index (χ4n) is 2.54. The molecule has 0 radical (unpaired) electrons. The van der Waals surface area contributed by atoms with Gasteiger partial charge in [0.15, 0.2) is 5.67 Å². The molecule has 0 atom stereocenters. The average molecular weight is 241 g/mol. The van der Waals surface area contributed by atoms with Crippen molar-refractivity contribution in [1.82, 2.24) is 4.90 Å². The Bertz CT molecular complexity index is 503. The number of hydrogen-bond acceptors (Lipinski definition) is 1. The molecule has 18 heavy (non-hydrogen) atoms. The Hall–Kier alpha value is -1.67. The molecule has 1 heterocycles. The smallest absolute Gasteiger partial charge is 0.161 e. The summed E-state index contributed by atoms with van der Waals surface area (Å²) in [4.78, 5) is 2.14. The first-order valence-electron chi connectivity index (χ1n) is 6.27. The van der Waals surface area contributed by atoms with Crippen molar-refractivity contribution < 1.29 is 4.39 Å². The number of benzene rings is 2. The van der Waals surface area contributed by atoms with Crippen LogP contribution in [-0.4, -0.2) is 18.0 Å². The molecular weight excluding hydrogens is 225 g/mol. The van der Waals surface area contributed by atoms with Gasteiger partial charge in [0.25, 0.3) is 0 Å². The molecule has 2 aromatic rings. The van der Waals surface area contributed by atoms with E-state index in [9.17, 15) is 4.39 Å². The highest BCUT2D eigenvalue weighted by atomic mass is 19.1. The topological polar surface area (TPSA) is 3.24 Å². The Morgan fingerprint density at radius 3 is 2.06 bits per heavy atom. The van der Waals surface area contributed by atoms with Crippen LogP contribution in [-0.2, 0) is 12.2 Å². The minimum absolute atomic E-state index is 0.492. The SMILES string of the molecule is FC1(c2ccccc2)CN(Cc2ccccc2)C1. The summed E-state index contributed by atoms with van der Waals surface area (Å²) in [5.41, 5.74) is 0.887. The summed E-state index contributed by atoms with van der Waals surface area (Å²) >= 11 is 0. The second kappa shape index (κ2) is 4.54. The molecule has 1 aliphatic rings. The van der Waals surface area contributed by atoms with Crippen LogP contribution in [0.25, 0.3) is 0 Å². The molecular formula is C16H16FN. The van der Waals surface area contributed by atoms with Crippen LogP contribution in [0.5, 0.6) is 0 Å². The van der Waals surface area contributed by atoms with Gasteiger partial charge in [-0.25, -0.2) is 4.39 Å². The van der Waals surface area contributed by atoms with Crippen molar-refractivity contribution in [3.8, 4) is 0 Å². The van der Waals surface area contributed by atoms with Gasteiger partial charge in [0.1, 0.15) is 0 Å². The molecule has 2 heteroatoms. The Morgan fingerprint density at radius 1 is 0.889 bits per heavy atom. The third-order valence-corrected chi connectivity index (χ3v) is 3.49. The van der Waals surface area contributed by atoms with Gasteiger partial charge in [-0.05, 0) is 11.1 Å². The number of rotatable bonds is 3. The molecule has 0 saturated carbocycles. The predicted octanol–water partition coefficient (Wildman–Crippen LogP) is 3.37. The summed E-state index contributed by atoms with van der Waals surface area (Å²) in [5.74, 6) is 0. The van der Waals surface area contributed by atoms with E-state index in [0.29, 0.717) is 13.1 Å². The fourth-order valence-corrected chi connectivity index (χ4v) is 2.54. The first kappa shape index (κ1) is 11.4. The molecule has 1 fully saturated rings.